The molecule has 0 bridgehead atoms. The molecule has 1 heteroatoms. The Hall–Kier alpha value is -0.300. The van der Waals surface area contributed by atoms with E-state index in [1.807, 2.05) is 0 Å². The molecule has 2 N–H and O–H groups in total. The van der Waals surface area contributed by atoms with Gasteiger partial charge in [-0.25, -0.2) is 0 Å². The molecular weight excluding hydrogens is 122 g/mol. The van der Waals surface area contributed by atoms with Crippen LogP contribution in [-0.2, 0) is 0 Å². The Balaban J connectivity index is 3.71. The van der Waals surface area contributed by atoms with E-state index in [9.17, 15) is 0 Å². The molecule has 60 valence electrons. The predicted octanol–water partition coefficient (Wildman–Crippen LogP) is 2.33. The SMILES string of the molecule is CC/C=C\C(CC)C(C)N. The molecular formula is C9H19N. The van der Waals surface area contributed by atoms with Gasteiger partial charge in [-0.15, -0.1) is 0 Å². The maximum absolute atomic E-state index is 5.74. The van der Waals surface area contributed by atoms with Crippen LogP contribution < -0.4 is 5.73 Å². The van der Waals surface area contributed by atoms with Crippen molar-refractivity contribution in [3.8, 4) is 0 Å². The molecule has 1 nitrogen and oxygen atoms in total. The highest BCUT2D eigenvalue weighted by atomic mass is 14.6. The summed E-state index contributed by atoms with van der Waals surface area (Å²) in [5, 5.41) is 0. The molecule has 0 saturated heterocycles. The third-order valence-electron chi connectivity index (χ3n) is 1.77. The Kier molecular flexibility index (Phi) is 5.32. The van der Waals surface area contributed by atoms with Crippen LogP contribution in [0.5, 0.6) is 0 Å². The van der Waals surface area contributed by atoms with Gasteiger partial charge in [0.25, 0.3) is 0 Å². The van der Waals surface area contributed by atoms with Crippen LogP contribution in [0.3, 0.4) is 0 Å². The molecule has 0 radical (unpaired) electrons. The highest BCUT2D eigenvalue weighted by molar-refractivity contribution is 4.90. The predicted molar refractivity (Wildman–Crippen MR) is 46.9 cm³/mol. The lowest BCUT2D eigenvalue weighted by molar-refractivity contribution is 0.519. The lowest BCUT2D eigenvalue weighted by Crippen LogP contribution is -2.24. The normalized spacial score (nSPS) is 17.6. The summed E-state index contributed by atoms with van der Waals surface area (Å²) in [5.41, 5.74) is 5.74. The van der Waals surface area contributed by atoms with E-state index >= 15 is 0 Å². The van der Waals surface area contributed by atoms with Gasteiger partial charge in [0.05, 0.1) is 0 Å². The molecule has 0 saturated carbocycles. The highest BCUT2D eigenvalue weighted by Crippen LogP contribution is 2.08. The topological polar surface area (TPSA) is 26.0 Å². The number of nitrogens with two attached hydrogens (primary N) is 1. The van der Waals surface area contributed by atoms with Crippen LogP contribution in [0.25, 0.3) is 0 Å². The molecule has 0 rings (SSSR count). The van der Waals surface area contributed by atoms with Gasteiger partial charge in [0.2, 0.25) is 0 Å². The molecule has 0 aromatic carbocycles. The zero-order chi connectivity index (χ0) is 7.98. The van der Waals surface area contributed by atoms with Gasteiger partial charge < -0.3 is 5.73 Å². The van der Waals surface area contributed by atoms with Crippen LogP contribution >= 0.6 is 0 Å². The minimum atomic E-state index is 0.299. The standard InChI is InChI=1S/C9H19N/c1-4-6-7-9(5-2)8(3)10/h6-9H,4-5,10H2,1-3H3/b7-6-. The van der Waals surface area contributed by atoms with E-state index < -0.39 is 0 Å². The summed E-state index contributed by atoms with van der Waals surface area (Å²) >= 11 is 0. The maximum Gasteiger partial charge on any atom is 0.00732 e. The summed E-state index contributed by atoms with van der Waals surface area (Å²) in [7, 11) is 0. The number of allylic oxidation sites excluding steroid dienone is 1. The highest BCUT2D eigenvalue weighted by Gasteiger charge is 2.05. The van der Waals surface area contributed by atoms with Crippen molar-refractivity contribution in [2.75, 3.05) is 0 Å². The van der Waals surface area contributed by atoms with Crippen molar-refractivity contribution in [1.82, 2.24) is 0 Å². The lowest BCUT2D eigenvalue weighted by atomic mass is 9.98. The fourth-order valence-corrected chi connectivity index (χ4v) is 0.994. The molecule has 0 heterocycles. The molecule has 0 aromatic heterocycles. The van der Waals surface area contributed by atoms with E-state index in [0.29, 0.717) is 12.0 Å². The van der Waals surface area contributed by atoms with Gasteiger partial charge in [-0.2, -0.15) is 0 Å². The van der Waals surface area contributed by atoms with Crippen molar-refractivity contribution in [3.05, 3.63) is 12.2 Å². The van der Waals surface area contributed by atoms with E-state index in [4.69, 9.17) is 5.73 Å². The molecule has 10 heavy (non-hydrogen) atoms. The average Bonchev–Trinajstić information content (AvgIpc) is 1.89. The van der Waals surface area contributed by atoms with Crippen LogP contribution in [0.15, 0.2) is 12.2 Å². The lowest BCUT2D eigenvalue weighted by Gasteiger charge is -2.13. The van der Waals surface area contributed by atoms with Crippen molar-refractivity contribution in [1.29, 1.82) is 0 Å². The zero-order valence-corrected chi connectivity index (χ0v) is 7.30. The van der Waals surface area contributed by atoms with Gasteiger partial charge in [0, 0.05) is 6.04 Å². The molecule has 0 aliphatic carbocycles. The third-order valence-corrected chi connectivity index (χ3v) is 1.77. The Morgan fingerprint density at radius 2 is 2.00 bits per heavy atom. The number of hydrogen-bond acceptors (Lipinski definition) is 1. The first-order valence-electron chi connectivity index (χ1n) is 4.14. The fourth-order valence-electron chi connectivity index (χ4n) is 0.994. The van der Waals surface area contributed by atoms with Gasteiger partial charge in [-0.05, 0) is 25.7 Å². The van der Waals surface area contributed by atoms with Crippen LogP contribution in [0.4, 0.5) is 0 Å². The summed E-state index contributed by atoms with van der Waals surface area (Å²) in [6.07, 6.45) is 6.68. The minimum absolute atomic E-state index is 0.299. The molecule has 0 aliphatic heterocycles. The molecule has 0 aliphatic rings. The summed E-state index contributed by atoms with van der Waals surface area (Å²) in [4.78, 5) is 0. The van der Waals surface area contributed by atoms with Crippen LogP contribution in [0, 0.1) is 5.92 Å². The van der Waals surface area contributed by atoms with Crippen molar-refractivity contribution in [2.24, 2.45) is 11.7 Å². The van der Waals surface area contributed by atoms with E-state index in [1.165, 1.54) is 0 Å². The van der Waals surface area contributed by atoms with E-state index in [2.05, 4.69) is 32.9 Å². The van der Waals surface area contributed by atoms with E-state index in [0.717, 1.165) is 12.8 Å². The van der Waals surface area contributed by atoms with Crippen LogP contribution in [0.1, 0.15) is 33.6 Å². The van der Waals surface area contributed by atoms with Crippen molar-refractivity contribution >= 4 is 0 Å². The first kappa shape index (κ1) is 9.70. The molecule has 2 unspecified atom stereocenters. The minimum Gasteiger partial charge on any atom is -0.327 e. The van der Waals surface area contributed by atoms with Gasteiger partial charge in [0.1, 0.15) is 0 Å². The third kappa shape index (κ3) is 3.67. The first-order chi connectivity index (χ1) is 4.72. The van der Waals surface area contributed by atoms with Gasteiger partial charge in [-0.1, -0.05) is 26.0 Å². The second kappa shape index (κ2) is 5.48. The fraction of sp³-hybridized carbons (Fsp3) is 0.778. The smallest absolute Gasteiger partial charge is 0.00732 e. The van der Waals surface area contributed by atoms with E-state index in [1.54, 1.807) is 0 Å². The summed E-state index contributed by atoms with van der Waals surface area (Å²) in [6.45, 7) is 6.38. The Bertz CT molecular complexity index is 94.9. The molecule has 0 amide bonds. The van der Waals surface area contributed by atoms with Crippen molar-refractivity contribution in [2.45, 2.75) is 39.7 Å². The number of rotatable bonds is 4. The Morgan fingerprint density at radius 1 is 1.40 bits per heavy atom. The summed E-state index contributed by atoms with van der Waals surface area (Å²) in [5.74, 6) is 0.569. The van der Waals surface area contributed by atoms with Gasteiger partial charge in [0.15, 0.2) is 0 Å². The van der Waals surface area contributed by atoms with E-state index in [-0.39, 0.29) is 0 Å². The second-order valence-corrected chi connectivity index (χ2v) is 2.77. The number of hydrogen-bond donors (Lipinski definition) is 1. The molecule has 0 fully saturated rings. The maximum atomic E-state index is 5.74. The van der Waals surface area contributed by atoms with Crippen LogP contribution in [0.2, 0.25) is 0 Å². The second-order valence-electron chi connectivity index (χ2n) is 2.77. The summed E-state index contributed by atoms with van der Waals surface area (Å²) < 4.78 is 0. The molecule has 0 aromatic rings. The van der Waals surface area contributed by atoms with Gasteiger partial charge >= 0.3 is 0 Å². The largest absolute Gasteiger partial charge is 0.327 e. The first-order valence-corrected chi connectivity index (χ1v) is 4.14. The van der Waals surface area contributed by atoms with Crippen LogP contribution in [-0.4, -0.2) is 6.04 Å². The summed E-state index contributed by atoms with van der Waals surface area (Å²) in [6, 6.07) is 0.299. The average molecular weight is 141 g/mol. The van der Waals surface area contributed by atoms with Gasteiger partial charge in [-0.3, -0.25) is 0 Å². The molecule has 0 spiro atoms. The zero-order valence-electron chi connectivity index (χ0n) is 7.30. The Labute approximate surface area is 64.3 Å². The Morgan fingerprint density at radius 3 is 2.30 bits per heavy atom. The molecule has 2 atom stereocenters. The van der Waals surface area contributed by atoms with Crippen molar-refractivity contribution in [3.63, 3.8) is 0 Å². The monoisotopic (exact) mass is 141 g/mol. The quantitative estimate of drug-likeness (QED) is 0.597. The van der Waals surface area contributed by atoms with Crippen molar-refractivity contribution < 1.29 is 0 Å².